The normalized spacial score (nSPS) is 26.5. The molecule has 0 fully saturated rings. The number of carbonyl (C=O) groups is 3. The van der Waals surface area contributed by atoms with E-state index in [9.17, 15) is 19.5 Å². The Labute approximate surface area is 188 Å². The fourth-order valence-electron chi connectivity index (χ4n) is 5.69. The molecule has 0 aromatic heterocycles. The number of rotatable bonds is 4. The molecule has 2 aliphatic carbocycles. The number of allylic oxidation sites excluding steroid dienone is 4. The van der Waals surface area contributed by atoms with Gasteiger partial charge >= 0.3 is 0 Å². The number of hydrogen-bond donors (Lipinski definition) is 1. The second kappa shape index (κ2) is 7.69. The number of hydrogen-bond acceptors (Lipinski definition) is 5. The largest absolute Gasteiger partial charge is 0.544 e. The van der Waals surface area contributed by atoms with E-state index >= 15 is 0 Å². The van der Waals surface area contributed by atoms with Gasteiger partial charge < -0.3 is 14.6 Å². The summed E-state index contributed by atoms with van der Waals surface area (Å²) in [5.74, 6) is -0.963. The minimum atomic E-state index is -1.19. The van der Waals surface area contributed by atoms with E-state index in [1.807, 2.05) is 52.0 Å². The third-order valence-electron chi connectivity index (χ3n) is 6.92. The van der Waals surface area contributed by atoms with Crippen molar-refractivity contribution in [1.82, 2.24) is 0 Å². The van der Waals surface area contributed by atoms with Gasteiger partial charge in [0.2, 0.25) is 0 Å². The predicted molar refractivity (Wildman–Crippen MR) is 117 cm³/mol. The number of ether oxygens (including phenoxy) is 1. The van der Waals surface area contributed by atoms with Gasteiger partial charge in [0.1, 0.15) is 23.7 Å². The smallest absolute Gasteiger partial charge is 0.165 e. The van der Waals surface area contributed by atoms with E-state index in [-0.39, 0.29) is 28.9 Å². The van der Waals surface area contributed by atoms with Gasteiger partial charge in [-0.05, 0) is 28.5 Å². The first-order valence-electron chi connectivity index (χ1n) is 11.2. The van der Waals surface area contributed by atoms with Gasteiger partial charge in [0.15, 0.2) is 11.6 Å². The van der Waals surface area contributed by atoms with Gasteiger partial charge in [0.05, 0.1) is 30.1 Å². The summed E-state index contributed by atoms with van der Waals surface area (Å²) in [6.07, 6.45) is 1.96. The molecule has 0 amide bonds. The second-order valence-electron chi connectivity index (χ2n) is 10.9. The van der Waals surface area contributed by atoms with Crippen molar-refractivity contribution >= 4 is 17.5 Å². The van der Waals surface area contributed by atoms with Gasteiger partial charge in [0.25, 0.3) is 0 Å². The fraction of sp³-hybridized carbons (Fsp3) is 0.500. The average Bonchev–Trinajstić information content (AvgIpc) is 2.67. The van der Waals surface area contributed by atoms with Gasteiger partial charge in [-0.3, -0.25) is 14.5 Å². The number of ketones is 2. The number of benzene rings is 1. The van der Waals surface area contributed by atoms with Crippen molar-refractivity contribution in [2.45, 2.75) is 59.3 Å². The molecule has 0 spiro atoms. The summed E-state index contributed by atoms with van der Waals surface area (Å²) in [5.41, 5.74) is 3.11. The number of carbonyl (C=O) groups excluding carboxylic acids is 3. The lowest BCUT2D eigenvalue weighted by molar-refractivity contribution is -0.821. The highest BCUT2D eigenvalue weighted by Gasteiger charge is 2.52. The van der Waals surface area contributed by atoms with Crippen molar-refractivity contribution in [2.75, 3.05) is 13.7 Å². The summed E-state index contributed by atoms with van der Waals surface area (Å²) in [4.78, 5) is 39.4. The maximum absolute atomic E-state index is 13.5. The SMILES string of the molecule is COc1ccc(C2C3=C(CC(C)(C)CC3=O)[NH+](CC(=O)[O-])C3=C2C(=O)CC(C)(C)C3)cc1. The molecule has 0 unspecified atom stereocenters. The molecule has 6 nitrogen and oxygen atoms in total. The number of carboxylic acid groups (broad SMARTS) is 1. The van der Waals surface area contributed by atoms with Crippen molar-refractivity contribution in [3.63, 3.8) is 0 Å². The standard InChI is InChI=1S/C26H31NO5/c1-25(2)10-17-23(19(28)12-25)22(15-6-8-16(32-5)9-7-15)24-18(27(17)14-21(30)31)11-26(3,4)13-20(24)29/h6-9,22H,10-14H2,1-5H3,(H,30,31). The molecule has 1 aromatic rings. The molecule has 1 heterocycles. The first-order chi connectivity index (χ1) is 14.9. The molecule has 1 N–H and O–H groups in total. The van der Waals surface area contributed by atoms with E-state index in [1.165, 1.54) is 0 Å². The number of aliphatic carboxylic acids is 1. The molecule has 6 heteroatoms. The average molecular weight is 438 g/mol. The first-order valence-corrected chi connectivity index (χ1v) is 11.2. The van der Waals surface area contributed by atoms with Crippen LogP contribution in [0, 0.1) is 10.8 Å². The van der Waals surface area contributed by atoms with Gasteiger partial charge in [-0.2, -0.15) is 0 Å². The summed E-state index contributed by atoms with van der Waals surface area (Å²) in [7, 11) is 1.59. The third kappa shape index (κ3) is 3.92. The number of nitrogens with one attached hydrogen (secondary N) is 1. The lowest BCUT2D eigenvalue weighted by Crippen LogP contribution is -3.11. The van der Waals surface area contributed by atoms with Crippen LogP contribution in [0.4, 0.5) is 0 Å². The highest BCUT2D eigenvalue weighted by Crippen LogP contribution is 2.49. The molecule has 3 aliphatic rings. The number of carboxylic acids is 1. The summed E-state index contributed by atoms with van der Waals surface area (Å²) >= 11 is 0. The van der Waals surface area contributed by atoms with Crippen LogP contribution in [0.25, 0.3) is 0 Å². The number of quaternary nitrogens is 1. The van der Waals surface area contributed by atoms with Crippen molar-refractivity contribution in [1.29, 1.82) is 0 Å². The van der Waals surface area contributed by atoms with Crippen LogP contribution in [0.15, 0.2) is 46.8 Å². The Bertz CT molecular complexity index is 1000. The van der Waals surface area contributed by atoms with E-state index in [0.29, 0.717) is 47.5 Å². The molecular formula is C26H31NO5. The Hall–Kier alpha value is -2.73. The Morgan fingerprint density at radius 1 is 0.938 bits per heavy atom. The molecular weight excluding hydrogens is 406 g/mol. The molecule has 170 valence electrons. The molecule has 1 aliphatic heterocycles. The van der Waals surface area contributed by atoms with E-state index in [4.69, 9.17) is 4.74 Å². The zero-order valence-corrected chi connectivity index (χ0v) is 19.5. The Morgan fingerprint density at radius 3 is 1.81 bits per heavy atom. The first kappa shape index (κ1) is 22.5. The summed E-state index contributed by atoms with van der Waals surface area (Å²) in [6, 6.07) is 7.49. The summed E-state index contributed by atoms with van der Waals surface area (Å²) in [6.45, 7) is 7.86. The second-order valence-corrected chi connectivity index (χ2v) is 10.9. The summed E-state index contributed by atoms with van der Waals surface area (Å²) in [5, 5.41) is 11.8. The molecule has 0 saturated heterocycles. The van der Waals surface area contributed by atoms with Crippen molar-refractivity contribution in [3.05, 3.63) is 52.4 Å². The van der Waals surface area contributed by atoms with Crippen LogP contribution < -0.4 is 14.7 Å². The quantitative estimate of drug-likeness (QED) is 0.775. The maximum Gasteiger partial charge on any atom is 0.165 e. The lowest BCUT2D eigenvalue weighted by atomic mass is 9.63. The Morgan fingerprint density at radius 2 is 1.41 bits per heavy atom. The topological polar surface area (TPSA) is 87.9 Å². The monoisotopic (exact) mass is 437 g/mol. The zero-order valence-electron chi connectivity index (χ0n) is 19.5. The van der Waals surface area contributed by atoms with Crippen LogP contribution in [0.5, 0.6) is 5.75 Å². The van der Waals surface area contributed by atoms with Crippen LogP contribution in [0.2, 0.25) is 0 Å². The van der Waals surface area contributed by atoms with Crippen LogP contribution >= 0.6 is 0 Å². The fourth-order valence-corrected chi connectivity index (χ4v) is 5.69. The Balaban J connectivity index is 1.98. The zero-order chi connectivity index (χ0) is 23.4. The third-order valence-corrected chi connectivity index (χ3v) is 6.92. The van der Waals surface area contributed by atoms with Crippen LogP contribution in [-0.4, -0.2) is 31.2 Å². The Kier molecular flexibility index (Phi) is 5.40. The minimum absolute atomic E-state index is 0.00269. The minimum Gasteiger partial charge on any atom is -0.544 e. The van der Waals surface area contributed by atoms with Crippen molar-refractivity contribution in [2.24, 2.45) is 10.8 Å². The molecule has 0 saturated carbocycles. The van der Waals surface area contributed by atoms with Crippen molar-refractivity contribution in [3.8, 4) is 5.75 Å². The van der Waals surface area contributed by atoms with Gasteiger partial charge in [0, 0.05) is 25.7 Å². The lowest BCUT2D eigenvalue weighted by Gasteiger charge is -2.45. The van der Waals surface area contributed by atoms with Gasteiger partial charge in [-0.25, -0.2) is 0 Å². The van der Waals surface area contributed by atoms with E-state index in [0.717, 1.165) is 17.0 Å². The van der Waals surface area contributed by atoms with Crippen LogP contribution in [-0.2, 0) is 14.4 Å². The summed E-state index contributed by atoms with van der Waals surface area (Å²) < 4.78 is 5.29. The van der Waals surface area contributed by atoms with E-state index in [2.05, 4.69) is 0 Å². The molecule has 0 bridgehead atoms. The van der Waals surface area contributed by atoms with Crippen molar-refractivity contribution < 1.29 is 29.1 Å². The van der Waals surface area contributed by atoms with Gasteiger partial charge in [-0.1, -0.05) is 39.8 Å². The highest BCUT2D eigenvalue weighted by molar-refractivity contribution is 6.06. The molecule has 32 heavy (non-hydrogen) atoms. The van der Waals surface area contributed by atoms with Gasteiger partial charge in [-0.15, -0.1) is 0 Å². The van der Waals surface area contributed by atoms with E-state index in [1.54, 1.807) is 7.11 Å². The highest BCUT2D eigenvalue weighted by atomic mass is 16.5. The molecule has 4 rings (SSSR count). The van der Waals surface area contributed by atoms with Crippen LogP contribution in [0.1, 0.15) is 64.9 Å². The predicted octanol–water partition coefficient (Wildman–Crippen LogP) is 1.71. The molecule has 0 atom stereocenters. The number of Topliss-reactive ketones (excluding diaryl/α,β-unsaturated/α-hetero) is 2. The molecule has 0 radical (unpaired) electrons. The van der Waals surface area contributed by atoms with E-state index < -0.39 is 11.9 Å². The maximum atomic E-state index is 13.5. The molecule has 1 aromatic carbocycles. The van der Waals surface area contributed by atoms with Crippen LogP contribution in [0.3, 0.4) is 0 Å². The number of methoxy groups -OCH3 is 1.